The molecule has 0 aliphatic carbocycles. The maximum Gasteiger partial charge on any atom is 0.514 e. The fraction of sp³-hybridized carbons (Fsp3) is 0.571. The predicted octanol–water partition coefficient (Wildman–Crippen LogP) is -0.297. The number of amides is 1. The first-order chi connectivity index (χ1) is 8.52. The zero-order valence-electron chi connectivity index (χ0n) is 9.73. The number of hydrogen-bond acceptors (Lipinski definition) is 8. The van der Waals surface area contributed by atoms with Gasteiger partial charge in [0, 0.05) is 5.21 Å². The summed E-state index contributed by atoms with van der Waals surface area (Å²) in [5.74, 6) is -0.596. The Hall–Kier alpha value is -2.59. The lowest BCUT2D eigenvalue weighted by Gasteiger charge is -2.00. The van der Waals surface area contributed by atoms with Crippen molar-refractivity contribution in [3.63, 3.8) is 0 Å². The molecule has 0 aliphatic rings. The summed E-state index contributed by atoms with van der Waals surface area (Å²) < 4.78 is 4.58. The van der Waals surface area contributed by atoms with Gasteiger partial charge in [0.05, 0.1) is 22.5 Å². The van der Waals surface area contributed by atoms with E-state index in [9.17, 15) is 14.9 Å². The summed E-state index contributed by atoms with van der Waals surface area (Å²) in [7, 11) is 0. The van der Waals surface area contributed by atoms with Gasteiger partial charge in [-0.3, -0.25) is 0 Å². The molecule has 1 amide bonds. The van der Waals surface area contributed by atoms with Crippen molar-refractivity contribution in [1.29, 1.82) is 0 Å². The normalized spacial score (nSPS) is 11.1. The van der Waals surface area contributed by atoms with E-state index in [0.29, 0.717) is 5.71 Å². The number of nitrogens with zero attached hydrogens (tertiary/aromatic N) is 6. The number of tetrazole rings is 1. The molecule has 0 atom stereocenters. The van der Waals surface area contributed by atoms with Crippen molar-refractivity contribution in [1.82, 2.24) is 25.6 Å². The highest BCUT2D eigenvalue weighted by Gasteiger charge is 2.15. The van der Waals surface area contributed by atoms with Crippen LogP contribution in [0.4, 0.5) is 10.7 Å². The van der Waals surface area contributed by atoms with Gasteiger partial charge in [-0.05, 0) is 18.8 Å². The van der Waals surface area contributed by atoms with E-state index in [-0.39, 0.29) is 13.2 Å². The Morgan fingerprint density at radius 3 is 2.94 bits per heavy atom. The van der Waals surface area contributed by atoms with E-state index in [1.807, 2.05) is 0 Å². The Bertz CT molecular complexity index is 468. The summed E-state index contributed by atoms with van der Waals surface area (Å²) in [6.45, 7) is 3.54. The van der Waals surface area contributed by atoms with Gasteiger partial charge in [-0.2, -0.15) is 5.10 Å². The summed E-state index contributed by atoms with van der Waals surface area (Å²) >= 11 is 0. The van der Waals surface area contributed by atoms with Crippen LogP contribution >= 0.6 is 0 Å². The van der Waals surface area contributed by atoms with Crippen LogP contribution in [0.3, 0.4) is 0 Å². The van der Waals surface area contributed by atoms with Gasteiger partial charge in [0.15, 0.2) is 0 Å². The number of hydrogen-bond donors (Lipinski definition) is 1. The van der Waals surface area contributed by atoms with Gasteiger partial charge >= 0.3 is 12.0 Å². The Labute approximate surface area is 101 Å². The van der Waals surface area contributed by atoms with Gasteiger partial charge in [-0.25, -0.2) is 10.2 Å². The Morgan fingerprint density at radius 2 is 2.39 bits per heavy atom. The highest BCUT2D eigenvalue weighted by molar-refractivity contribution is 5.82. The number of hydrazone groups is 1. The molecule has 1 aromatic rings. The first-order valence-corrected chi connectivity index (χ1v) is 4.91. The molecule has 0 saturated heterocycles. The number of carbonyl (C=O) groups is 1. The average molecular weight is 257 g/mol. The van der Waals surface area contributed by atoms with Crippen LogP contribution in [0.5, 0.6) is 0 Å². The van der Waals surface area contributed by atoms with Gasteiger partial charge in [-0.1, -0.05) is 4.80 Å². The molecule has 0 bridgehead atoms. The Kier molecular flexibility index (Phi) is 4.66. The third-order valence-electron chi connectivity index (χ3n) is 1.59. The molecule has 0 spiro atoms. The number of nitrogens with one attached hydrogen (secondary N) is 1. The highest BCUT2D eigenvalue weighted by atomic mass is 16.6. The number of aromatic nitrogens is 4. The van der Waals surface area contributed by atoms with E-state index in [4.69, 9.17) is 0 Å². The molecule has 0 saturated carbocycles. The molecule has 0 fully saturated rings. The lowest BCUT2D eigenvalue weighted by molar-refractivity contribution is -0.394. The first-order valence-electron chi connectivity index (χ1n) is 4.91. The molecule has 1 N–H and O–H groups in total. The standard InChI is InChI=1S/C7H11N7O4/c1-3-18-7(15)10-8-5(2)4-13-11-6(9-12-13)14(16)17/h3-4H2,1-2H3,(H,10,15)/b8-5+. The van der Waals surface area contributed by atoms with Crippen LogP contribution in [0.25, 0.3) is 0 Å². The summed E-state index contributed by atoms with van der Waals surface area (Å²) in [4.78, 5) is 21.5. The van der Waals surface area contributed by atoms with Crippen LogP contribution in [0, 0.1) is 10.1 Å². The van der Waals surface area contributed by atoms with Crippen LogP contribution in [0.15, 0.2) is 5.10 Å². The summed E-state index contributed by atoms with van der Waals surface area (Å²) in [5.41, 5.74) is 2.56. The zero-order valence-corrected chi connectivity index (χ0v) is 9.73. The zero-order chi connectivity index (χ0) is 13.5. The number of carbonyl (C=O) groups excluding carboxylic acids is 1. The quantitative estimate of drug-likeness (QED) is 0.434. The van der Waals surface area contributed by atoms with Gasteiger partial charge in [0.25, 0.3) is 0 Å². The third-order valence-corrected chi connectivity index (χ3v) is 1.59. The van der Waals surface area contributed by atoms with Crippen molar-refractivity contribution < 1.29 is 14.5 Å². The largest absolute Gasteiger partial charge is 0.514 e. The fourth-order valence-corrected chi connectivity index (χ4v) is 0.919. The second-order valence-corrected chi connectivity index (χ2v) is 3.06. The van der Waals surface area contributed by atoms with E-state index in [2.05, 4.69) is 30.7 Å². The Balaban J connectivity index is 2.52. The van der Waals surface area contributed by atoms with Crippen molar-refractivity contribution in [2.75, 3.05) is 6.61 Å². The second-order valence-electron chi connectivity index (χ2n) is 3.06. The second kappa shape index (κ2) is 6.22. The monoisotopic (exact) mass is 257 g/mol. The maximum absolute atomic E-state index is 10.9. The van der Waals surface area contributed by atoms with E-state index < -0.39 is 17.0 Å². The predicted molar refractivity (Wildman–Crippen MR) is 57.7 cm³/mol. The molecule has 0 aromatic carbocycles. The van der Waals surface area contributed by atoms with Crippen LogP contribution in [0.1, 0.15) is 13.8 Å². The molecule has 98 valence electrons. The molecule has 1 aromatic heterocycles. The first kappa shape index (κ1) is 13.5. The van der Waals surface area contributed by atoms with Crippen LogP contribution in [-0.4, -0.2) is 43.5 Å². The van der Waals surface area contributed by atoms with Crippen molar-refractivity contribution >= 4 is 17.8 Å². The van der Waals surface area contributed by atoms with Gasteiger partial charge in [0.1, 0.15) is 6.54 Å². The van der Waals surface area contributed by atoms with Gasteiger partial charge in [0.2, 0.25) is 0 Å². The van der Waals surface area contributed by atoms with Gasteiger partial charge in [-0.15, -0.1) is 0 Å². The van der Waals surface area contributed by atoms with Crippen LogP contribution in [-0.2, 0) is 11.3 Å². The molecule has 11 nitrogen and oxygen atoms in total. The van der Waals surface area contributed by atoms with Crippen LogP contribution < -0.4 is 5.43 Å². The van der Waals surface area contributed by atoms with E-state index in [1.54, 1.807) is 13.8 Å². The number of rotatable bonds is 5. The maximum atomic E-state index is 10.9. The summed E-state index contributed by atoms with van der Waals surface area (Å²) in [6, 6.07) is 0. The van der Waals surface area contributed by atoms with E-state index in [1.165, 1.54) is 0 Å². The topological polar surface area (TPSA) is 137 Å². The molecular formula is C7H11N7O4. The SMILES string of the molecule is CCOC(=O)N/N=C(\C)Cn1nnc([N+](=O)[O-])n1. The number of ether oxygens (including phenoxy) is 1. The third kappa shape index (κ3) is 4.11. The van der Waals surface area contributed by atoms with Crippen molar-refractivity contribution in [3.05, 3.63) is 10.1 Å². The molecular weight excluding hydrogens is 246 g/mol. The lowest BCUT2D eigenvalue weighted by atomic mass is 10.4. The van der Waals surface area contributed by atoms with Crippen molar-refractivity contribution in [3.8, 4) is 0 Å². The highest BCUT2D eigenvalue weighted by Crippen LogP contribution is 1.96. The Morgan fingerprint density at radius 1 is 1.67 bits per heavy atom. The fourth-order valence-electron chi connectivity index (χ4n) is 0.919. The van der Waals surface area contributed by atoms with E-state index >= 15 is 0 Å². The minimum Gasteiger partial charge on any atom is -0.449 e. The van der Waals surface area contributed by atoms with E-state index in [0.717, 1.165) is 4.80 Å². The van der Waals surface area contributed by atoms with Crippen LogP contribution in [0.2, 0.25) is 0 Å². The van der Waals surface area contributed by atoms with Crippen molar-refractivity contribution in [2.24, 2.45) is 5.10 Å². The number of nitro groups is 1. The minimum atomic E-state index is -0.757. The lowest BCUT2D eigenvalue weighted by Crippen LogP contribution is -2.21. The molecule has 11 heteroatoms. The molecule has 0 unspecified atom stereocenters. The molecule has 1 heterocycles. The summed E-state index contributed by atoms with van der Waals surface area (Å²) in [6.07, 6.45) is -0.686. The minimum absolute atomic E-state index is 0.0627. The molecule has 1 rings (SSSR count). The summed E-state index contributed by atoms with van der Waals surface area (Å²) in [5, 5.41) is 24.1. The van der Waals surface area contributed by atoms with Crippen molar-refractivity contribution in [2.45, 2.75) is 20.4 Å². The molecule has 18 heavy (non-hydrogen) atoms. The molecule has 0 radical (unpaired) electrons. The molecule has 0 aliphatic heterocycles. The van der Waals surface area contributed by atoms with Gasteiger partial charge < -0.3 is 14.9 Å². The smallest absolute Gasteiger partial charge is 0.449 e. The average Bonchev–Trinajstić information content (AvgIpc) is 2.75.